The number of nitrogens with one attached hydrogen (secondary N) is 2. The van der Waals surface area contributed by atoms with Crippen LogP contribution in [-0.2, 0) is 20.7 Å². The van der Waals surface area contributed by atoms with E-state index in [1.54, 1.807) is 29.2 Å². The average molecular weight is 449 g/mol. The van der Waals surface area contributed by atoms with Gasteiger partial charge in [0, 0.05) is 35.0 Å². The number of anilines is 2. The summed E-state index contributed by atoms with van der Waals surface area (Å²) in [5.41, 5.74) is 9.02. The first kappa shape index (κ1) is 22.7. The largest absolute Gasteiger partial charge is 0.384 e. The Balaban J connectivity index is 1.42. The van der Waals surface area contributed by atoms with Gasteiger partial charge in [-0.2, -0.15) is 0 Å². The Labute approximate surface area is 192 Å². The second-order valence-electron chi connectivity index (χ2n) is 8.44. The fourth-order valence-electron chi connectivity index (χ4n) is 4.42. The molecule has 2 amide bonds. The predicted molar refractivity (Wildman–Crippen MR) is 126 cm³/mol. The van der Waals surface area contributed by atoms with Crippen molar-refractivity contribution in [1.29, 1.82) is 5.41 Å². The molecule has 8 heteroatoms. The highest BCUT2D eigenvalue weighted by Gasteiger charge is 2.33. The lowest BCUT2D eigenvalue weighted by Gasteiger charge is -2.33. The molecule has 0 bridgehead atoms. The highest BCUT2D eigenvalue weighted by molar-refractivity contribution is 6.03. The SMILES string of the molecule is CCC1CCc2cc(N3CCOC(CC(=O)Nc4ccc(C(=N)N)cc4)C3=O)ccc2C1=O. The minimum absolute atomic E-state index is 0.0501. The number of nitrogens with two attached hydrogens (primary N) is 1. The molecule has 1 aliphatic heterocycles. The van der Waals surface area contributed by atoms with Gasteiger partial charge in [0.2, 0.25) is 5.91 Å². The molecule has 4 N–H and O–H groups in total. The van der Waals surface area contributed by atoms with E-state index in [1.807, 2.05) is 25.1 Å². The Hall–Kier alpha value is -3.52. The monoisotopic (exact) mass is 448 g/mol. The molecule has 2 unspecified atom stereocenters. The molecule has 2 aromatic carbocycles. The molecule has 2 aromatic rings. The van der Waals surface area contributed by atoms with Crippen LogP contribution in [0.4, 0.5) is 11.4 Å². The van der Waals surface area contributed by atoms with Crippen molar-refractivity contribution in [3.05, 3.63) is 59.2 Å². The van der Waals surface area contributed by atoms with E-state index in [0.717, 1.165) is 36.1 Å². The third-order valence-corrected chi connectivity index (χ3v) is 6.32. The number of hydrogen-bond donors (Lipinski definition) is 3. The molecule has 2 atom stereocenters. The van der Waals surface area contributed by atoms with E-state index in [2.05, 4.69) is 5.32 Å². The smallest absolute Gasteiger partial charge is 0.256 e. The molecule has 1 heterocycles. The minimum atomic E-state index is -0.877. The summed E-state index contributed by atoms with van der Waals surface area (Å²) in [5.74, 6) is -0.394. The van der Waals surface area contributed by atoms with Crippen molar-refractivity contribution in [1.82, 2.24) is 0 Å². The van der Waals surface area contributed by atoms with Crippen LogP contribution in [0.25, 0.3) is 0 Å². The Kier molecular flexibility index (Phi) is 6.55. The van der Waals surface area contributed by atoms with Gasteiger partial charge in [-0.25, -0.2) is 0 Å². The van der Waals surface area contributed by atoms with Crippen LogP contribution in [0.1, 0.15) is 47.7 Å². The Morgan fingerprint density at radius 2 is 1.97 bits per heavy atom. The zero-order valence-corrected chi connectivity index (χ0v) is 18.6. The number of Topliss-reactive ketones (excluding diaryl/α,β-unsaturated/α-hetero) is 1. The Bertz CT molecular complexity index is 1100. The zero-order valence-electron chi connectivity index (χ0n) is 18.6. The van der Waals surface area contributed by atoms with Crippen LogP contribution in [0.2, 0.25) is 0 Å². The van der Waals surface area contributed by atoms with E-state index >= 15 is 0 Å². The number of nitrogens with zero attached hydrogens (tertiary/aromatic N) is 1. The molecular formula is C25H28N4O4. The van der Waals surface area contributed by atoms with Gasteiger partial charge in [0.25, 0.3) is 5.91 Å². The van der Waals surface area contributed by atoms with Crippen molar-refractivity contribution in [2.75, 3.05) is 23.4 Å². The normalized spacial score (nSPS) is 20.3. The molecule has 33 heavy (non-hydrogen) atoms. The van der Waals surface area contributed by atoms with Crippen molar-refractivity contribution in [2.45, 2.75) is 38.7 Å². The van der Waals surface area contributed by atoms with Crippen LogP contribution >= 0.6 is 0 Å². The van der Waals surface area contributed by atoms with Gasteiger partial charge >= 0.3 is 0 Å². The number of amidine groups is 1. The quantitative estimate of drug-likeness (QED) is 0.463. The van der Waals surface area contributed by atoms with Crippen molar-refractivity contribution < 1.29 is 19.1 Å². The van der Waals surface area contributed by atoms with Gasteiger partial charge in [0.15, 0.2) is 5.78 Å². The van der Waals surface area contributed by atoms with Crippen molar-refractivity contribution in [3.63, 3.8) is 0 Å². The molecule has 8 nitrogen and oxygen atoms in total. The lowest BCUT2D eigenvalue weighted by Crippen LogP contribution is -2.49. The van der Waals surface area contributed by atoms with Gasteiger partial charge in [-0.3, -0.25) is 19.8 Å². The second-order valence-corrected chi connectivity index (χ2v) is 8.44. The number of carbonyl (C=O) groups is 3. The van der Waals surface area contributed by atoms with Gasteiger partial charge in [0.1, 0.15) is 11.9 Å². The summed E-state index contributed by atoms with van der Waals surface area (Å²) >= 11 is 0. The topological polar surface area (TPSA) is 126 Å². The van der Waals surface area contributed by atoms with E-state index in [-0.39, 0.29) is 35.8 Å². The molecule has 172 valence electrons. The molecule has 4 rings (SSSR count). The number of benzene rings is 2. The number of aryl methyl sites for hydroxylation is 1. The van der Waals surface area contributed by atoms with Gasteiger partial charge < -0.3 is 20.7 Å². The van der Waals surface area contributed by atoms with Crippen LogP contribution in [0, 0.1) is 11.3 Å². The maximum Gasteiger partial charge on any atom is 0.256 e. The molecular weight excluding hydrogens is 420 g/mol. The second kappa shape index (κ2) is 9.54. The number of ether oxygens (including phenoxy) is 1. The fraction of sp³-hybridized carbons (Fsp3) is 0.360. The molecule has 0 aromatic heterocycles. The number of nitrogen functional groups attached to an aromatic ring is 1. The summed E-state index contributed by atoms with van der Waals surface area (Å²) in [4.78, 5) is 39.8. The summed E-state index contributed by atoms with van der Waals surface area (Å²) in [6.07, 6.45) is 1.51. The van der Waals surface area contributed by atoms with E-state index < -0.39 is 6.10 Å². The van der Waals surface area contributed by atoms with Gasteiger partial charge in [-0.15, -0.1) is 0 Å². The van der Waals surface area contributed by atoms with Crippen LogP contribution < -0.4 is 16.0 Å². The molecule has 1 aliphatic carbocycles. The van der Waals surface area contributed by atoms with Crippen LogP contribution in [-0.4, -0.2) is 42.7 Å². The van der Waals surface area contributed by atoms with Crippen LogP contribution in [0.3, 0.4) is 0 Å². The first-order valence-electron chi connectivity index (χ1n) is 11.2. The molecule has 0 saturated carbocycles. The highest BCUT2D eigenvalue weighted by atomic mass is 16.5. The number of hydrogen-bond acceptors (Lipinski definition) is 5. The molecule has 0 radical (unpaired) electrons. The van der Waals surface area contributed by atoms with Crippen LogP contribution in [0.15, 0.2) is 42.5 Å². The van der Waals surface area contributed by atoms with Gasteiger partial charge in [0.05, 0.1) is 13.0 Å². The van der Waals surface area contributed by atoms with Gasteiger partial charge in [-0.05, 0) is 67.3 Å². The Morgan fingerprint density at radius 3 is 2.67 bits per heavy atom. The molecule has 1 fully saturated rings. The number of carbonyl (C=O) groups excluding carboxylic acids is 3. The number of morpholine rings is 1. The third kappa shape index (κ3) is 4.80. The maximum atomic E-state index is 13.1. The first-order valence-corrected chi connectivity index (χ1v) is 11.2. The van der Waals surface area contributed by atoms with E-state index in [4.69, 9.17) is 15.9 Å². The van der Waals surface area contributed by atoms with E-state index in [1.165, 1.54) is 0 Å². The van der Waals surface area contributed by atoms with Crippen molar-refractivity contribution in [3.8, 4) is 0 Å². The van der Waals surface area contributed by atoms with Gasteiger partial charge in [-0.1, -0.05) is 6.92 Å². The minimum Gasteiger partial charge on any atom is -0.384 e. The first-order chi connectivity index (χ1) is 15.9. The number of rotatable bonds is 6. The predicted octanol–water partition coefficient (Wildman–Crippen LogP) is 2.89. The lowest BCUT2D eigenvalue weighted by atomic mass is 9.81. The Morgan fingerprint density at radius 1 is 1.21 bits per heavy atom. The summed E-state index contributed by atoms with van der Waals surface area (Å²) < 4.78 is 5.61. The number of fused-ring (bicyclic) bond motifs is 1. The summed E-state index contributed by atoms with van der Waals surface area (Å²) in [6.45, 7) is 2.75. The highest BCUT2D eigenvalue weighted by Crippen LogP contribution is 2.31. The summed E-state index contributed by atoms with van der Waals surface area (Å²) in [5, 5.41) is 10.2. The average Bonchev–Trinajstić information content (AvgIpc) is 2.81. The lowest BCUT2D eigenvalue weighted by molar-refractivity contribution is -0.137. The summed E-state index contributed by atoms with van der Waals surface area (Å²) in [7, 11) is 0. The maximum absolute atomic E-state index is 13.1. The number of ketones is 1. The standard InChI is InChI=1S/C25H28N4O4/c1-2-15-3-4-17-13-19(9-10-20(17)23(15)31)29-11-12-33-21(25(29)32)14-22(30)28-18-7-5-16(6-8-18)24(26)27/h5-10,13,15,21H,2-4,11-12,14H2,1H3,(H3,26,27)(H,28,30). The van der Waals surface area contributed by atoms with Crippen molar-refractivity contribution in [2.24, 2.45) is 11.7 Å². The van der Waals surface area contributed by atoms with E-state index in [9.17, 15) is 14.4 Å². The third-order valence-electron chi connectivity index (χ3n) is 6.32. The van der Waals surface area contributed by atoms with E-state index in [0.29, 0.717) is 24.4 Å². The molecule has 0 spiro atoms. The molecule has 1 saturated heterocycles. The summed E-state index contributed by atoms with van der Waals surface area (Å²) in [6, 6.07) is 12.2. The number of amides is 2. The molecule has 2 aliphatic rings. The fourth-order valence-corrected chi connectivity index (χ4v) is 4.42. The van der Waals surface area contributed by atoms with Crippen molar-refractivity contribution >= 4 is 34.8 Å². The van der Waals surface area contributed by atoms with Crippen LogP contribution in [0.5, 0.6) is 0 Å². The zero-order chi connectivity index (χ0) is 23.5.